The second kappa shape index (κ2) is 6.15. The van der Waals surface area contributed by atoms with Crippen molar-refractivity contribution in [2.45, 2.75) is 57.7 Å². The van der Waals surface area contributed by atoms with Crippen molar-refractivity contribution in [1.82, 2.24) is 10.6 Å². The molecule has 0 spiro atoms. The van der Waals surface area contributed by atoms with E-state index in [2.05, 4.69) is 23.6 Å². The molecule has 2 fully saturated rings. The fourth-order valence-corrected chi connectivity index (χ4v) is 3.44. The Kier molecular flexibility index (Phi) is 4.71. The normalized spacial score (nSPS) is 27.8. The summed E-state index contributed by atoms with van der Waals surface area (Å²) in [5.41, 5.74) is 3.10. The largest absolute Gasteiger partial charge is 0.349 e. The van der Waals surface area contributed by atoms with Crippen LogP contribution in [0.25, 0.3) is 0 Å². The number of fused-ring (bicyclic) bond motifs is 2. The monoisotopic (exact) mass is 294 g/mol. The Balaban J connectivity index is 0.00000147. The molecule has 3 rings (SSSR count). The SMILES string of the molecule is Cc1cccc(C(=O)NC2CC3CCC(C2)N3)c1C.Cl. The van der Waals surface area contributed by atoms with Crippen LogP contribution in [0.3, 0.4) is 0 Å². The van der Waals surface area contributed by atoms with Crippen molar-refractivity contribution in [2.24, 2.45) is 0 Å². The number of halogens is 1. The molecule has 0 aromatic heterocycles. The van der Waals surface area contributed by atoms with Gasteiger partial charge in [0.15, 0.2) is 0 Å². The van der Waals surface area contributed by atoms with Crippen molar-refractivity contribution < 1.29 is 4.79 Å². The van der Waals surface area contributed by atoms with E-state index in [1.54, 1.807) is 0 Å². The number of carbonyl (C=O) groups excluding carboxylic acids is 1. The topological polar surface area (TPSA) is 41.1 Å². The average molecular weight is 295 g/mol. The Labute approximate surface area is 126 Å². The third kappa shape index (κ3) is 2.99. The maximum atomic E-state index is 12.4. The summed E-state index contributed by atoms with van der Waals surface area (Å²) in [6.07, 6.45) is 4.68. The van der Waals surface area contributed by atoms with Crippen LogP contribution >= 0.6 is 12.4 Å². The summed E-state index contributed by atoms with van der Waals surface area (Å²) in [5.74, 6) is 0.0903. The van der Waals surface area contributed by atoms with Crippen LogP contribution < -0.4 is 10.6 Å². The van der Waals surface area contributed by atoms with Gasteiger partial charge < -0.3 is 10.6 Å². The van der Waals surface area contributed by atoms with Gasteiger partial charge in [0, 0.05) is 23.7 Å². The van der Waals surface area contributed by atoms with Gasteiger partial charge in [0.1, 0.15) is 0 Å². The quantitative estimate of drug-likeness (QED) is 0.880. The molecule has 2 unspecified atom stereocenters. The number of carbonyl (C=O) groups is 1. The van der Waals surface area contributed by atoms with Crippen LogP contribution in [0.15, 0.2) is 18.2 Å². The summed E-state index contributed by atoms with van der Waals surface area (Å²) in [7, 11) is 0. The molecule has 1 aromatic rings. The lowest BCUT2D eigenvalue weighted by molar-refractivity contribution is 0.0923. The highest BCUT2D eigenvalue weighted by molar-refractivity contribution is 5.96. The standard InChI is InChI=1S/C16H22N2O.ClH/c1-10-4-3-5-15(11(10)2)16(19)18-14-8-12-6-7-13(9-14)17-12;/h3-5,12-14,17H,6-9H2,1-2H3,(H,18,19);1H. The van der Waals surface area contributed by atoms with Gasteiger partial charge in [-0.3, -0.25) is 4.79 Å². The maximum Gasteiger partial charge on any atom is 0.251 e. The van der Waals surface area contributed by atoms with E-state index in [1.807, 2.05) is 19.1 Å². The predicted octanol–water partition coefficient (Wildman–Crippen LogP) is 2.74. The van der Waals surface area contributed by atoms with Crippen molar-refractivity contribution in [2.75, 3.05) is 0 Å². The molecule has 2 saturated heterocycles. The molecular weight excluding hydrogens is 272 g/mol. The van der Waals surface area contributed by atoms with E-state index in [0.717, 1.165) is 24.0 Å². The Morgan fingerprint density at radius 2 is 1.85 bits per heavy atom. The molecule has 0 saturated carbocycles. The number of benzene rings is 1. The van der Waals surface area contributed by atoms with E-state index in [-0.39, 0.29) is 18.3 Å². The van der Waals surface area contributed by atoms with Gasteiger partial charge in [-0.25, -0.2) is 0 Å². The van der Waals surface area contributed by atoms with E-state index in [9.17, 15) is 4.79 Å². The number of hydrogen-bond acceptors (Lipinski definition) is 2. The van der Waals surface area contributed by atoms with E-state index in [0.29, 0.717) is 18.1 Å². The van der Waals surface area contributed by atoms with E-state index in [4.69, 9.17) is 0 Å². The zero-order valence-corrected chi connectivity index (χ0v) is 12.9. The molecule has 20 heavy (non-hydrogen) atoms. The van der Waals surface area contributed by atoms with Crippen LogP contribution in [0, 0.1) is 13.8 Å². The van der Waals surface area contributed by atoms with Crippen LogP contribution in [0.1, 0.15) is 47.2 Å². The molecule has 2 bridgehead atoms. The van der Waals surface area contributed by atoms with Crippen LogP contribution in [-0.4, -0.2) is 24.0 Å². The fraction of sp³-hybridized carbons (Fsp3) is 0.562. The lowest BCUT2D eigenvalue weighted by Gasteiger charge is -2.29. The van der Waals surface area contributed by atoms with Crippen molar-refractivity contribution in [3.63, 3.8) is 0 Å². The third-order valence-electron chi connectivity index (χ3n) is 4.66. The first-order valence-electron chi connectivity index (χ1n) is 7.26. The molecule has 2 N–H and O–H groups in total. The molecular formula is C16H23ClN2O. The second-order valence-electron chi connectivity index (χ2n) is 6.03. The summed E-state index contributed by atoms with van der Waals surface area (Å²) in [6, 6.07) is 7.50. The van der Waals surface area contributed by atoms with Gasteiger partial charge in [0.2, 0.25) is 0 Å². The number of rotatable bonds is 2. The first-order valence-corrected chi connectivity index (χ1v) is 7.26. The van der Waals surface area contributed by atoms with Crippen molar-refractivity contribution in [3.05, 3.63) is 34.9 Å². The molecule has 4 heteroatoms. The van der Waals surface area contributed by atoms with Crippen LogP contribution in [0.5, 0.6) is 0 Å². The second-order valence-corrected chi connectivity index (χ2v) is 6.03. The Hall–Kier alpha value is -1.06. The van der Waals surface area contributed by atoms with Crippen LogP contribution in [0.2, 0.25) is 0 Å². The average Bonchev–Trinajstić information content (AvgIpc) is 2.72. The highest BCUT2D eigenvalue weighted by Gasteiger charge is 2.34. The van der Waals surface area contributed by atoms with Crippen LogP contribution in [0.4, 0.5) is 0 Å². The highest BCUT2D eigenvalue weighted by Crippen LogP contribution is 2.27. The summed E-state index contributed by atoms with van der Waals surface area (Å²) < 4.78 is 0. The molecule has 3 nitrogen and oxygen atoms in total. The maximum absolute atomic E-state index is 12.4. The van der Waals surface area contributed by atoms with Crippen molar-refractivity contribution in [3.8, 4) is 0 Å². The number of piperidine rings is 1. The van der Waals surface area contributed by atoms with Gasteiger partial charge in [-0.05, 0) is 56.7 Å². The molecule has 2 aliphatic rings. The highest BCUT2D eigenvalue weighted by atomic mass is 35.5. The molecule has 1 aromatic carbocycles. The molecule has 2 aliphatic heterocycles. The Morgan fingerprint density at radius 3 is 2.50 bits per heavy atom. The first-order chi connectivity index (χ1) is 9.13. The lowest BCUT2D eigenvalue weighted by atomic mass is 9.98. The third-order valence-corrected chi connectivity index (χ3v) is 4.66. The lowest BCUT2D eigenvalue weighted by Crippen LogP contribution is -2.48. The van der Waals surface area contributed by atoms with Crippen molar-refractivity contribution in [1.29, 1.82) is 0 Å². The molecule has 0 radical (unpaired) electrons. The number of amides is 1. The molecule has 2 heterocycles. The van der Waals surface area contributed by atoms with Crippen LogP contribution in [-0.2, 0) is 0 Å². The summed E-state index contributed by atoms with van der Waals surface area (Å²) in [5, 5.41) is 6.83. The number of aryl methyl sites for hydroxylation is 1. The minimum atomic E-state index is 0. The minimum absolute atomic E-state index is 0. The molecule has 1 amide bonds. The van der Waals surface area contributed by atoms with Gasteiger partial charge in [-0.1, -0.05) is 12.1 Å². The van der Waals surface area contributed by atoms with E-state index in [1.165, 1.54) is 18.4 Å². The van der Waals surface area contributed by atoms with Crippen molar-refractivity contribution >= 4 is 18.3 Å². The summed E-state index contributed by atoms with van der Waals surface area (Å²) in [6.45, 7) is 4.08. The zero-order valence-electron chi connectivity index (χ0n) is 12.1. The van der Waals surface area contributed by atoms with Gasteiger partial charge in [0.05, 0.1) is 0 Å². The predicted molar refractivity (Wildman–Crippen MR) is 83.6 cm³/mol. The molecule has 0 aliphatic carbocycles. The minimum Gasteiger partial charge on any atom is -0.349 e. The van der Waals surface area contributed by atoms with E-state index < -0.39 is 0 Å². The summed E-state index contributed by atoms with van der Waals surface area (Å²) in [4.78, 5) is 12.4. The molecule has 110 valence electrons. The number of hydrogen-bond donors (Lipinski definition) is 2. The zero-order chi connectivity index (χ0) is 13.4. The van der Waals surface area contributed by atoms with Gasteiger partial charge in [-0.2, -0.15) is 0 Å². The fourth-order valence-electron chi connectivity index (χ4n) is 3.44. The molecule has 2 atom stereocenters. The Bertz CT molecular complexity index is 491. The van der Waals surface area contributed by atoms with Gasteiger partial charge in [0.25, 0.3) is 5.91 Å². The first kappa shape index (κ1) is 15.3. The Morgan fingerprint density at radius 1 is 1.20 bits per heavy atom. The summed E-state index contributed by atoms with van der Waals surface area (Å²) >= 11 is 0. The number of nitrogens with one attached hydrogen (secondary N) is 2. The van der Waals surface area contributed by atoms with E-state index >= 15 is 0 Å². The van der Waals surface area contributed by atoms with Gasteiger partial charge in [-0.15, -0.1) is 12.4 Å². The smallest absolute Gasteiger partial charge is 0.251 e. The van der Waals surface area contributed by atoms with Gasteiger partial charge >= 0.3 is 0 Å².